The SMILES string of the molecule is O=C([C@H]1CCCO1)N1CCO[C@@H](c2ccc(F)c(Cl)c2)C1. The Hall–Kier alpha value is -1.17. The second-order valence-corrected chi connectivity index (χ2v) is 5.73. The number of nitrogens with zero attached hydrogens (tertiary/aromatic N) is 1. The summed E-state index contributed by atoms with van der Waals surface area (Å²) >= 11 is 5.80. The number of hydrogen-bond donors (Lipinski definition) is 0. The molecule has 0 saturated carbocycles. The number of carbonyl (C=O) groups excluding carboxylic acids is 1. The minimum Gasteiger partial charge on any atom is -0.370 e. The lowest BCUT2D eigenvalue weighted by Gasteiger charge is -2.34. The first-order chi connectivity index (χ1) is 10.1. The summed E-state index contributed by atoms with van der Waals surface area (Å²) in [7, 11) is 0. The highest BCUT2D eigenvalue weighted by Crippen LogP contribution is 2.27. The van der Waals surface area contributed by atoms with Crippen LogP contribution in [-0.2, 0) is 14.3 Å². The second-order valence-electron chi connectivity index (χ2n) is 5.32. The summed E-state index contributed by atoms with van der Waals surface area (Å²) in [4.78, 5) is 14.1. The van der Waals surface area contributed by atoms with Crippen LogP contribution in [0, 0.1) is 5.82 Å². The molecule has 21 heavy (non-hydrogen) atoms. The van der Waals surface area contributed by atoms with Gasteiger partial charge in [0.1, 0.15) is 18.0 Å². The minimum absolute atomic E-state index is 0.0222. The summed E-state index contributed by atoms with van der Waals surface area (Å²) in [6.45, 7) is 2.11. The van der Waals surface area contributed by atoms with Crippen molar-refractivity contribution in [1.29, 1.82) is 0 Å². The number of ether oxygens (including phenoxy) is 2. The largest absolute Gasteiger partial charge is 0.370 e. The van der Waals surface area contributed by atoms with Crippen LogP contribution in [0.1, 0.15) is 24.5 Å². The van der Waals surface area contributed by atoms with Crippen LogP contribution in [0.5, 0.6) is 0 Å². The quantitative estimate of drug-likeness (QED) is 0.842. The molecule has 0 N–H and O–H groups in total. The number of rotatable bonds is 2. The Balaban J connectivity index is 1.70. The molecule has 0 bridgehead atoms. The number of hydrogen-bond acceptors (Lipinski definition) is 3. The number of benzene rings is 1. The fourth-order valence-corrected chi connectivity index (χ4v) is 2.93. The van der Waals surface area contributed by atoms with E-state index in [0.717, 1.165) is 18.4 Å². The van der Waals surface area contributed by atoms with E-state index >= 15 is 0 Å². The van der Waals surface area contributed by atoms with Crippen molar-refractivity contribution in [2.75, 3.05) is 26.3 Å². The lowest BCUT2D eigenvalue weighted by Crippen LogP contribution is -2.46. The van der Waals surface area contributed by atoms with Gasteiger partial charge >= 0.3 is 0 Å². The lowest BCUT2D eigenvalue weighted by atomic mass is 10.1. The predicted molar refractivity (Wildman–Crippen MR) is 75.7 cm³/mol. The lowest BCUT2D eigenvalue weighted by molar-refractivity contribution is -0.148. The van der Waals surface area contributed by atoms with Crippen molar-refractivity contribution >= 4 is 17.5 Å². The van der Waals surface area contributed by atoms with Gasteiger partial charge in [0.15, 0.2) is 0 Å². The third kappa shape index (κ3) is 3.20. The molecule has 0 unspecified atom stereocenters. The minimum atomic E-state index is -0.455. The molecular weight excluding hydrogens is 297 g/mol. The smallest absolute Gasteiger partial charge is 0.251 e. The maximum atomic E-state index is 13.2. The molecule has 114 valence electrons. The number of amides is 1. The maximum Gasteiger partial charge on any atom is 0.251 e. The summed E-state index contributed by atoms with van der Waals surface area (Å²) in [5, 5.41) is 0.0682. The molecule has 2 heterocycles. The van der Waals surface area contributed by atoms with Gasteiger partial charge in [-0.3, -0.25) is 4.79 Å². The third-order valence-electron chi connectivity index (χ3n) is 3.90. The molecular formula is C15H17ClFNO3. The Morgan fingerprint density at radius 2 is 2.19 bits per heavy atom. The normalized spacial score (nSPS) is 26.1. The van der Waals surface area contributed by atoms with Crippen molar-refractivity contribution in [3.63, 3.8) is 0 Å². The van der Waals surface area contributed by atoms with Crippen LogP contribution in [0.25, 0.3) is 0 Å². The molecule has 0 aliphatic carbocycles. The molecule has 1 amide bonds. The van der Waals surface area contributed by atoms with Crippen LogP contribution in [0.15, 0.2) is 18.2 Å². The van der Waals surface area contributed by atoms with E-state index in [2.05, 4.69) is 0 Å². The fraction of sp³-hybridized carbons (Fsp3) is 0.533. The summed E-state index contributed by atoms with van der Waals surface area (Å²) in [6.07, 6.45) is 1.11. The monoisotopic (exact) mass is 313 g/mol. The third-order valence-corrected chi connectivity index (χ3v) is 4.19. The van der Waals surface area contributed by atoms with E-state index in [4.69, 9.17) is 21.1 Å². The molecule has 0 spiro atoms. The van der Waals surface area contributed by atoms with E-state index in [9.17, 15) is 9.18 Å². The van der Waals surface area contributed by atoms with E-state index in [1.54, 1.807) is 17.0 Å². The molecule has 4 nitrogen and oxygen atoms in total. The standard InChI is InChI=1S/C15H17ClFNO3/c16-11-8-10(3-4-12(11)17)14-9-18(5-7-21-14)15(19)13-2-1-6-20-13/h3-4,8,13-14H,1-2,5-7,9H2/t13-,14-/m1/s1. The van der Waals surface area contributed by atoms with Gasteiger partial charge in [0, 0.05) is 13.2 Å². The van der Waals surface area contributed by atoms with Gasteiger partial charge in [0.25, 0.3) is 5.91 Å². The molecule has 2 atom stereocenters. The molecule has 6 heteroatoms. The summed E-state index contributed by atoms with van der Waals surface area (Å²) in [6, 6.07) is 4.52. The van der Waals surface area contributed by atoms with E-state index in [0.29, 0.717) is 26.3 Å². The van der Waals surface area contributed by atoms with Crippen molar-refractivity contribution in [3.05, 3.63) is 34.6 Å². The Bertz CT molecular complexity index is 534. The predicted octanol–water partition coefficient (Wildman–Crippen LogP) is 2.56. The van der Waals surface area contributed by atoms with Gasteiger partial charge in [-0.1, -0.05) is 17.7 Å². The van der Waals surface area contributed by atoms with Crippen LogP contribution < -0.4 is 0 Å². The molecule has 1 aromatic carbocycles. The zero-order chi connectivity index (χ0) is 14.8. The van der Waals surface area contributed by atoms with Crippen LogP contribution in [0.4, 0.5) is 4.39 Å². The summed E-state index contributed by atoms with van der Waals surface area (Å²) in [5.74, 6) is -0.433. The van der Waals surface area contributed by atoms with Crippen LogP contribution >= 0.6 is 11.6 Å². The first kappa shape index (κ1) is 14.8. The van der Waals surface area contributed by atoms with Crippen molar-refractivity contribution in [2.45, 2.75) is 25.0 Å². The van der Waals surface area contributed by atoms with Crippen molar-refractivity contribution in [2.24, 2.45) is 0 Å². The van der Waals surface area contributed by atoms with Gasteiger partial charge < -0.3 is 14.4 Å². The zero-order valence-corrected chi connectivity index (χ0v) is 12.3. The Kier molecular flexibility index (Phi) is 4.42. The Morgan fingerprint density at radius 3 is 2.90 bits per heavy atom. The molecule has 0 aromatic heterocycles. The van der Waals surface area contributed by atoms with E-state index in [1.807, 2.05) is 0 Å². The molecule has 2 aliphatic heterocycles. The number of morpholine rings is 1. The highest BCUT2D eigenvalue weighted by molar-refractivity contribution is 6.30. The summed E-state index contributed by atoms with van der Waals surface area (Å²) < 4.78 is 24.3. The van der Waals surface area contributed by atoms with Crippen LogP contribution in [-0.4, -0.2) is 43.2 Å². The average Bonchev–Trinajstić information content (AvgIpc) is 3.04. The second kappa shape index (κ2) is 6.30. The van der Waals surface area contributed by atoms with Gasteiger partial charge in [-0.25, -0.2) is 4.39 Å². The van der Waals surface area contributed by atoms with Gasteiger partial charge in [-0.15, -0.1) is 0 Å². The zero-order valence-electron chi connectivity index (χ0n) is 11.6. The van der Waals surface area contributed by atoms with Crippen molar-refractivity contribution in [1.82, 2.24) is 4.90 Å². The molecule has 1 aromatic rings. The van der Waals surface area contributed by atoms with Crippen LogP contribution in [0.2, 0.25) is 5.02 Å². The van der Waals surface area contributed by atoms with Gasteiger partial charge in [0.2, 0.25) is 0 Å². The van der Waals surface area contributed by atoms with E-state index in [1.165, 1.54) is 6.07 Å². The molecule has 2 fully saturated rings. The molecule has 2 saturated heterocycles. The average molecular weight is 314 g/mol. The summed E-state index contributed by atoms with van der Waals surface area (Å²) in [5.41, 5.74) is 0.784. The highest BCUT2D eigenvalue weighted by Gasteiger charge is 2.32. The molecule has 0 radical (unpaired) electrons. The van der Waals surface area contributed by atoms with E-state index < -0.39 is 5.82 Å². The topological polar surface area (TPSA) is 38.8 Å². The first-order valence-corrected chi connectivity index (χ1v) is 7.50. The van der Waals surface area contributed by atoms with Crippen LogP contribution in [0.3, 0.4) is 0 Å². The fourth-order valence-electron chi connectivity index (χ4n) is 2.74. The van der Waals surface area contributed by atoms with Gasteiger partial charge in [0.05, 0.1) is 18.2 Å². The first-order valence-electron chi connectivity index (χ1n) is 7.12. The molecule has 3 rings (SSSR count). The van der Waals surface area contributed by atoms with Gasteiger partial charge in [-0.2, -0.15) is 0 Å². The highest BCUT2D eigenvalue weighted by atomic mass is 35.5. The Labute approximate surface area is 127 Å². The van der Waals surface area contributed by atoms with E-state index in [-0.39, 0.29) is 23.1 Å². The molecule has 2 aliphatic rings. The number of carbonyl (C=O) groups is 1. The Morgan fingerprint density at radius 1 is 1.33 bits per heavy atom. The van der Waals surface area contributed by atoms with Crippen molar-refractivity contribution < 1.29 is 18.7 Å². The van der Waals surface area contributed by atoms with Crippen molar-refractivity contribution in [3.8, 4) is 0 Å². The number of halogens is 2. The van der Waals surface area contributed by atoms with Gasteiger partial charge in [-0.05, 0) is 30.5 Å². The maximum absolute atomic E-state index is 13.2.